The van der Waals surface area contributed by atoms with Gasteiger partial charge in [0, 0.05) is 25.7 Å². The number of ether oxygens (including phenoxy) is 4. The van der Waals surface area contributed by atoms with Gasteiger partial charge in [0.15, 0.2) is 12.2 Å². The number of phosphoric ester groups is 2. The molecule has 0 saturated heterocycles. The Morgan fingerprint density at radius 1 is 0.333 bits per heavy atom. The van der Waals surface area contributed by atoms with E-state index in [2.05, 4.69) is 41.5 Å². The lowest BCUT2D eigenvalue weighted by Gasteiger charge is -2.21. The van der Waals surface area contributed by atoms with Crippen LogP contribution < -0.4 is 0 Å². The van der Waals surface area contributed by atoms with E-state index in [0.717, 1.165) is 121 Å². The first-order valence-corrected chi connectivity index (χ1v) is 38.5. The fourth-order valence-corrected chi connectivity index (χ4v) is 11.8. The van der Waals surface area contributed by atoms with Crippen LogP contribution in [0.1, 0.15) is 343 Å². The molecule has 0 aliphatic carbocycles. The molecular formula is C68H132O17P2. The minimum absolute atomic E-state index is 0.104. The molecule has 0 heterocycles. The molecule has 0 aromatic carbocycles. The fourth-order valence-electron chi connectivity index (χ4n) is 10.2. The average Bonchev–Trinajstić information content (AvgIpc) is 3.70. The summed E-state index contributed by atoms with van der Waals surface area (Å²) >= 11 is 0. The number of phosphoric acid groups is 2. The van der Waals surface area contributed by atoms with E-state index in [9.17, 15) is 43.2 Å². The highest BCUT2D eigenvalue weighted by molar-refractivity contribution is 7.47. The Morgan fingerprint density at radius 2 is 0.586 bits per heavy atom. The van der Waals surface area contributed by atoms with Crippen LogP contribution in [0.5, 0.6) is 0 Å². The van der Waals surface area contributed by atoms with E-state index < -0.39 is 97.5 Å². The zero-order valence-electron chi connectivity index (χ0n) is 56.3. The molecule has 17 nitrogen and oxygen atoms in total. The smallest absolute Gasteiger partial charge is 0.462 e. The zero-order valence-corrected chi connectivity index (χ0v) is 58.1. The van der Waals surface area contributed by atoms with Crippen molar-refractivity contribution in [2.45, 2.75) is 362 Å². The minimum atomic E-state index is -4.95. The summed E-state index contributed by atoms with van der Waals surface area (Å²) in [4.78, 5) is 72.2. The quantitative estimate of drug-likeness (QED) is 0.0222. The largest absolute Gasteiger partial charge is 0.472 e. The Balaban J connectivity index is 5.17. The third-order valence-electron chi connectivity index (χ3n) is 16.1. The number of hydrogen-bond donors (Lipinski definition) is 3. The second kappa shape index (κ2) is 60.3. The summed E-state index contributed by atoms with van der Waals surface area (Å²) in [5.41, 5.74) is 0. The first-order chi connectivity index (χ1) is 41.9. The maximum absolute atomic E-state index is 13.0. The van der Waals surface area contributed by atoms with E-state index in [1.807, 2.05) is 0 Å². The van der Waals surface area contributed by atoms with Gasteiger partial charge in [0.1, 0.15) is 19.3 Å². The molecule has 0 bridgehead atoms. The SMILES string of the molecule is CCCCCCCCCCC(=O)O[C@H](COC(=O)CCCCCCCCC)COP(=O)(O)OC[C@H](O)COP(=O)(O)OC[C@@H](COC(=O)CCCCCCCCCCCCC(C)CC)OC(=O)CCCCCCCCCCCCCCCCCC(C)C. The standard InChI is InChI=1S/C68H132O17P2/c1-7-10-12-14-16-33-40-46-52-67(72)84-63(56-78-65(70)50-44-38-30-15-13-11-8-2)58-82-86(74,75)80-54-62(69)55-81-87(76,77)83-59-64(57-79-66(71)51-45-39-34-28-25-24-27-32-37-43-49-61(6)9-3)85-68(73)53-47-41-35-29-23-21-19-17-18-20-22-26-31-36-42-48-60(4)5/h60-64,69H,7-59H2,1-6H3,(H,74,75)(H,76,77)/t61?,62-,63+,64+/m0/s1. The molecule has 6 atom stereocenters. The lowest BCUT2D eigenvalue weighted by molar-refractivity contribution is -0.161. The minimum Gasteiger partial charge on any atom is -0.462 e. The number of esters is 4. The summed E-state index contributed by atoms with van der Waals surface area (Å²) in [6, 6.07) is 0. The van der Waals surface area contributed by atoms with Gasteiger partial charge in [-0.2, -0.15) is 0 Å². The van der Waals surface area contributed by atoms with E-state index in [1.54, 1.807) is 0 Å². The lowest BCUT2D eigenvalue weighted by Crippen LogP contribution is -2.30. The number of aliphatic hydroxyl groups excluding tert-OH is 1. The molecule has 3 N–H and O–H groups in total. The number of aliphatic hydroxyl groups is 1. The van der Waals surface area contributed by atoms with Gasteiger partial charge in [0.05, 0.1) is 26.4 Å². The van der Waals surface area contributed by atoms with Crippen LogP contribution in [-0.2, 0) is 65.4 Å². The Bertz CT molecular complexity index is 1700. The van der Waals surface area contributed by atoms with Gasteiger partial charge in [-0.05, 0) is 37.5 Å². The van der Waals surface area contributed by atoms with Crippen LogP contribution in [0, 0.1) is 11.8 Å². The highest BCUT2D eigenvalue weighted by Gasteiger charge is 2.30. The molecule has 0 rings (SSSR count). The summed E-state index contributed by atoms with van der Waals surface area (Å²) in [5, 5.41) is 10.5. The van der Waals surface area contributed by atoms with Crippen LogP contribution >= 0.6 is 15.6 Å². The molecule has 0 aliphatic heterocycles. The van der Waals surface area contributed by atoms with Crippen molar-refractivity contribution in [1.82, 2.24) is 0 Å². The Labute approximate surface area is 530 Å². The van der Waals surface area contributed by atoms with Gasteiger partial charge in [0.25, 0.3) is 0 Å². The van der Waals surface area contributed by atoms with Gasteiger partial charge in [-0.25, -0.2) is 9.13 Å². The van der Waals surface area contributed by atoms with Crippen LogP contribution in [0.4, 0.5) is 0 Å². The third kappa shape index (κ3) is 61.3. The fraction of sp³-hybridized carbons (Fsp3) is 0.941. The predicted molar refractivity (Wildman–Crippen MR) is 349 cm³/mol. The van der Waals surface area contributed by atoms with Crippen molar-refractivity contribution < 1.29 is 80.2 Å². The second-order valence-electron chi connectivity index (χ2n) is 25.3. The normalized spacial score (nSPS) is 14.5. The summed E-state index contributed by atoms with van der Waals surface area (Å²) in [6.45, 7) is 9.52. The maximum atomic E-state index is 13.0. The number of carbonyl (C=O) groups is 4. The summed E-state index contributed by atoms with van der Waals surface area (Å²) < 4.78 is 68.0. The first kappa shape index (κ1) is 85.1. The Morgan fingerprint density at radius 3 is 0.874 bits per heavy atom. The van der Waals surface area contributed by atoms with Crippen LogP contribution in [0.15, 0.2) is 0 Å². The molecule has 0 radical (unpaired) electrons. The van der Waals surface area contributed by atoms with Crippen molar-refractivity contribution in [1.29, 1.82) is 0 Å². The van der Waals surface area contributed by atoms with Gasteiger partial charge in [-0.15, -0.1) is 0 Å². The van der Waals surface area contributed by atoms with Crippen molar-refractivity contribution >= 4 is 39.5 Å². The summed E-state index contributed by atoms with van der Waals surface area (Å²) in [5.74, 6) is -0.522. The second-order valence-corrected chi connectivity index (χ2v) is 28.2. The van der Waals surface area contributed by atoms with Gasteiger partial charge >= 0.3 is 39.5 Å². The molecule has 0 spiro atoms. The van der Waals surface area contributed by atoms with Gasteiger partial charge < -0.3 is 33.8 Å². The third-order valence-corrected chi connectivity index (χ3v) is 18.0. The molecule has 0 aliphatic rings. The molecule has 0 amide bonds. The van der Waals surface area contributed by atoms with Crippen molar-refractivity contribution in [3.63, 3.8) is 0 Å². The molecule has 0 saturated carbocycles. The molecule has 516 valence electrons. The number of carbonyl (C=O) groups excluding carboxylic acids is 4. The highest BCUT2D eigenvalue weighted by atomic mass is 31.2. The van der Waals surface area contributed by atoms with Gasteiger partial charge in [-0.1, -0.05) is 292 Å². The average molecular weight is 1280 g/mol. The number of hydrogen-bond acceptors (Lipinski definition) is 15. The van der Waals surface area contributed by atoms with E-state index in [4.69, 9.17) is 37.0 Å². The van der Waals surface area contributed by atoms with Crippen LogP contribution in [-0.4, -0.2) is 96.7 Å². The van der Waals surface area contributed by atoms with Crippen molar-refractivity contribution in [3.05, 3.63) is 0 Å². The zero-order chi connectivity index (χ0) is 64.3. The van der Waals surface area contributed by atoms with Crippen LogP contribution in [0.3, 0.4) is 0 Å². The van der Waals surface area contributed by atoms with Crippen molar-refractivity contribution in [3.8, 4) is 0 Å². The van der Waals surface area contributed by atoms with E-state index >= 15 is 0 Å². The van der Waals surface area contributed by atoms with E-state index in [1.165, 1.54) is 141 Å². The molecule has 0 aromatic heterocycles. The predicted octanol–water partition coefficient (Wildman–Crippen LogP) is 19.2. The molecule has 0 fully saturated rings. The maximum Gasteiger partial charge on any atom is 0.472 e. The monoisotopic (exact) mass is 1280 g/mol. The number of rotatable bonds is 67. The summed E-state index contributed by atoms with van der Waals surface area (Å²) in [6.07, 6.45) is 44.6. The molecule has 19 heteroatoms. The summed E-state index contributed by atoms with van der Waals surface area (Å²) in [7, 11) is -9.89. The van der Waals surface area contributed by atoms with Gasteiger partial charge in [-0.3, -0.25) is 37.3 Å². The topological polar surface area (TPSA) is 237 Å². The van der Waals surface area contributed by atoms with Gasteiger partial charge in [0.2, 0.25) is 0 Å². The van der Waals surface area contributed by atoms with E-state index in [-0.39, 0.29) is 25.7 Å². The highest BCUT2D eigenvalue weighted by Crippen LogP contribution is 2.45. The van der Waals surface area contributed by atoms with Crippen molar-refractivity contribution in [2.24, 2.45) is 11.8 Å². The molecule has 87 heavy (non-hydrogen) atoms. The van der Waals surface area contributed by atoms with E-state index in [0.29, 0.717) is 25.7 Å². The molecule has 3 unspecified atom stereocenters. The number of unbranched alkanes of at least 4 members (excludes halogenated alkanes) is 36. The lowest BCUT2D eigenvalue weighted by atomic mass is 9.99. The Hall–Kier alpha value is -1.94. The Kier molecular flexibility index (Phi) is 59.0. The van der Waals surface area contributed by atoms with Crippen molar-refractivity contribution in [2.75, 3.05) is 39.6 Å². The molecule has 0 aromatic rings. The molecular weight excluding hydrogens is 1150 g/mol. The first-order valence-electron chi connectivity index (χ1n) is 35.5. The van der Waals surface area contributed by atoms with Crippen LogP contribution in [0.2, 0.25) is 0 Å². The van der Waals surface area contributed by atoms with Crippen LogP contribution in [0.25, 0.3) is 0 Å².